The van der Waals surface area contributed by atoms with Crippen LogP contribution in [-0.4, -0.2) is 21.1 Å². The zero-order valence-electron chi connectivity index (χ0n) is 16.0. The van der Waals surface area contributed by atoms with Gasteiger partial charge in [-0.15, -0.1) is 11.3 Å². The summed E-state index contributed by atoms with van der Waals surface area (Å²) < 4.78 is 0. The summed E-state index contributed by atoms with van der Waals surface area (Å²) in [6.45, 7) is 3.92. The summed E-state index contributed by atoms with van der Waals surface area (Å²) in [5, 5.41) is 3.80. The van der Waals surface area contributed by atoms with E-state index in [0.717, 1.165) is 41.6 Å². The van der Waals surface area contributed by atoms with Gasteiger partial charge in [-0.2, -0.15) is 0 Å². The normalized spacial score (nSPS) is 14.6. The fraction of sp³-hybridized carbons (Fsp3) is 0.381. The van der Waals surface area contributed by atoms with Gasteiger partial charge in [0.15, 0.2) is 5.16 Å². The number of carbonyl (C=O) groups excluding carboxylic acids is 1. The summed E-state index contributed by atoms with van der Waals surface area (Å²) in [6, 6.07) is 7.85. The summed E-state index contributed by atoms with van der Waals surface area (Å²) in [5.74, 6) is -0.109. The molecule has 1 atom stereocenters. The van der Waals surface area contributed by atoms with E-state index in [-0.39, 0.29) is 16.7 Å². The average molecular weight is 414 g/mol. The topological polar surface area (TPSA) is 74.8 Å². The molecule has 0 radical (unpaired) electrons. The summed E-state index contributed by atoms with van der Waals surface area (Å²) in [6.07, 6.45) is 5.27. The van der Waals surface area contributed by atoms with E-state index in [1.54, 1.807) is 11.3 Å². The van der Waals surface area contributed by atoms with Gasteiger partial charge in [-0.1, -0.05) is 30.8 Å². The first-order chi connectivity index (χ1) is 13.5. The average Bonchev–Trinajstić information content (AvgIpc) is 3.07. The minimum atomic E-state index is -0.374. The number of nitrogens with zero attached hydrogens (tertiary/aromatic N) is 1. The number of aryl methyl sites for hydroxylation is 3. The van der Waals surface area contributed by atoms with Crippen molar-refractivity contribution in [1.29, 1.82) is 0 Å². The zero-order chi connectivity index (χ0) is 19.7. The Morgan fingerprint density at radius 1 is 1.29 bits per heavy atom. The van der Waals surface area contributed by atoms with E-state index in [4.69, 9.17) is 0 Å². The number of amides is 1. The molecule has 0 saturated heterocycles. The molecule has 2 aromatic heterocycles. The zero-order valence-corrected chi connectivity index (χ0v) is 17.6. The molecule has 1 aliphatic carbocycles. The van der Waals surface area contributed by atoms with Crippen molar-refractivity contribution in [3.63, 3.8) is 0 Å². The highest BCUT2D eigenvalue weighted by Crippen LogP contribution is 2.34. The molecular weight excluding hydrogens is 390 g/mol. The van der Waals surface area contributed by atoms with Crippen molar-refractivity contribution in [2.45, 2.75) is 56.4 Å². The van der Waals surface area contributed by atoms with Crippen LogP contribution in [0.4, 0.5) is 5.69 Å². The van der Waals surface area contributed by atoms with E-state index < -0.39 is 0 Å². The lowest BCUT2D eigenvalue weighted by atomic mass is 9.97. The van der Waals surface area contributed by atoms with Gasteiger partial charge in [0.05, 0.1) is 10.6 Å². The highest BCUT2D eigenvalue weighted by atomic mass is 32.2. The predicted molar refractivity (Wildman–Crippen MR) is 117 cm³/mol. The Labute approximate surface area is 172 Å². The number of aromatic nitrogens is 2. The number of carbonyl (C=O) groups is 1. The van der Waals surface area contributed by atoms with E-state index in [2.05, 4.69) is 22.2 Å². The van der Waals surface area contributed by atoms with Gasteiger partial charge in [-0.25, -0.2) is 4.98 Å². The van der Waals surface area contributed by atoms with Gasteiger partial charge < -0.3 is 10.3 Å². The van der Waals surface area contributed by atoms with Crippen molar-refractivity contribution < 1.29 is 4.79 Å². The van der Waals surface area contributed by atoms with Crippen LogP contribution < -0.4 is 10.9 Å². The van der Waals surface area contributed by atoms with Crippen LogP contribution in [0.5, 0.6) is 0 Å². The molecule has 2 heterocycles. The van der Waals surface area contributed by atoms with Crippen LogP contribution in [0.3, 0.4) is 0 Å². The molecule has 0 saturated carbocycles. The Balaban J connectivity index is 1.50. The van der Waals surface area contributed by atoms with Gasteiger partial charge in [0, 0.05) is 10.6 Å². The number of fused-ring (bicyclic) bond motifs is 3. The fourth-order valence-electron chi connectivity index (χ4n) is 3.49. The van der Waals surface area contributed by atoms with Crippen molar-refractivity contribution in [2.75, 3.05) is 5.32 Å². The van der Waals surface area contributed by atoms with E-state index in [1.165, 1.54) is 34.2 Å². The fourth-order valence-corrected chi connectivity index (χ4v) is 5.60. The number of nitrogens with one attached hydrogen (secondary N) is 2. The van der Waals surface area contributed by atoms with Crippen molar-refractivity contribution in [3.05, 3.63) is 50.6 Å². The third kappa shape index (κ3) is 3.86. The van der Waals surface area contributed by atoms with Crippen molar-refractivity contribution in [3.8, 4) is 0 Å². The quantitative estimate of drug-likeness (QED) is 0.475. The molecular formula is C21H23N3O2S2. The number of anilines is 1. The SMILES string of the molecule is CCc1ccc(NC(=O)[C@H](C)Sc2nc3sc4c(c3c(=O)[nH]2)CCCC4)cc1. The van der Waals surface area contributed by atoms with Gasteiger partial charge >= 0.3 is 0 Å². The summed E-state index contributed by atoms with van der Waals surface area (Å²) in [4.78, 5) is 34.8. The molecule has 4 rings (SSSR count). The first kappa shape index (κ1) is 19.2. The number of hydrogen-bond donors (Lipinski definition) is 2. The van der Waals surface area contributed by atoms with Crippen LogP contribution >= 0.6 is 23.1 Å². The standard InChI is InChI=1S/C21H23N3O2S2/c1-3-13-8-10-14(11-9-13)22-18(25)12(2)27-21-23-19(26)17-15-6-4-5-7-16(15)28-20(17)24-21/h8-12H,3-7H2,1-2H3,(H,22,25)(H,23,24,26)/t12-/m0/s1. The first-order valence-electron chi connectivity index (χ1n) is 9.66. The lowest BCUT2D eigenvalue weighted by Crippen LogP contribution is -2.23. The van der Waals surface area contributed by atoms with Crippen LogP contribution in [0.25, 0.3) is 10.2 Å². The molecule has 1 aromatic carbocycles. The molecule has 2 N–H and O–H groups in total. The van der Waals surface area contributed by atoms with Crippen LogP contribution in [0, 0.1) is 0 Å². The van der Waals surface area contributed by atoms with Crippen LogP contribution in [0.1, 0.15) is 42.7 Å². The summed E-state index contributed by atoms with van der Waals surface area (Å²) >= 11 is 2.91. The third-order valence-electron chi connectivity index (χ3n) is 5.09. The molecule has 0 spiro atoms. The molecule has 0 fully saturated rings. The second-order valence-electron chi connectivity index (χ2n) is 7.06. The molecule has 0 bridgehead atoms. The molecule has 1 amide bonds. The second-order valence-corrected chi connectivity index (χ2v) is 9.48. The highest BCUT2D eigenvalue weighted by molar-refractivity contribution is 8.00. The minimum absolute atomic E-state index is 0.0883. The Kier molecular flexibility index (Phi) is 5.55. The Hall–Kier alpha value is -2.12. The molecule has 0 aliphatic heterocycles. The van der Waals surface area contributed by atoms with Crippen LogP contribution in [0.15, 0.2) is 34.2 Å². The van der Waals surface area contributed by atoms with Gasteiger partial charge in [-0.05, 0) is 62.3 Å². The van der Waals surface area contributed by atoms with Crippen molar-refractivity contribution in [1.82, 2.24) is 9.97 Å². The first-order valence-corrected chi connectivity index (χ1v) is 11.4. The maximum Gasteiger partial charge on any atom is 0.260 e. The smallest absolute Gasteiger partial charge is 0.260 e. The lowest BCUT2D eigenvalue weighted by Gasteiger charge is -2.12. The van der Waals surface area contributed by atoms with Crippen molar-refractivity contribution in [2.24, 2.45) is 0 Å². The number of aromatic amines is 1. The largest absolute Gasteiger partial charge is 0.325 e. The summed E-state index contributed by atoms with van der Waals surface area (Å²) in [5.41, 5.74) is 3.10. The van der Waals surface area contributed by atoms with E-state index >= 15 is 0 Å². The van der Waals surface area contributed by atoms with Gasteiger partial charge in [-0.3, -0.25) is 9.59 Å². The Morgan fingerprint density at radius 2 is 2.04 bits per heavy atom. The lowest BCUT2D eigenvalue weighted by molar-refractivity contribution is -0.115. The van der Waals surface area contributed by atoms with Gasteiger partial charge in [0.2, 0.25) is 5.91 Å². The third-order valence-corrected chi connectivity index (χ3v) is 7.26. The molecule has 3 aromatic rings. The second kappa shape index (κ2) is 8.09. The summed E-state index contributed by atoms with van der Waals surface area (Å²) in [7, 11) is 0. The Morgan fingerprint density at radius 3 is 2.79 bits per heavy atom. The van der Waals surface area contributed by atoms with Crippen LogP contribution in [0.2, 0.25) is 0 Å². The van der Waals surface area contributed by atoms with Gasteiger partial charge in [0.1, 0.15) is 4.83 Å². The predicted octanol–water partition coefficient (Wildman–Crippen LogP) is 4.55. The maximum absolute atomic E-state index is 12.6. The molecule has 146 valence electrons. The van der Waals surface area contributed by atoms with Crippen LogP contribution in [-0.2, 0) is 24.1 Å². The number of H-pyrrole nitrogens is 1. The van der Waals surface area contributed by atoms with E-state index in [0.29, 0.717) is 5.16 Å². The minimum Gasteiger partial charge on any atom is -0.325 e. The molecule has 1 aliphatic rings. The Bertz CT molecular complexity index is 1070. The van der Waals surface area contributed by atoms with E-state index in [1.807, 2.05) is 31.2 Å². The molecule has 28 heavy (non-hydrogen) atoms. The van der Waals surface area contributed by atoms with E-state index in [9.17, 15) is 9.59 Å². The molecule has 7 heteroatoms. The maximum atomic E-state index is 12.6. The number of rotatable bonds is 5. The number of thiophene rings is 1. The molecule has 5 nitrogen and oxygen atoms in total. The highest BCUT2D eigenvalue weighted by Gasteiger charge is 2.21. The monoisotopic (exact) mass is 413 g/mol. The molecule has 0 unspecified atom stereocenters. The number of thioether (sulfide) groups is 1. The number of hydrogen-bond acceptors (Lipinski definition) is 5. The number of benzene rings is 1. The van der Waals surface area contributed by atoms with Gasteiger partial charge in [0.25, 0.3) is 5.56 Å². The van der Waals surface area contributed by atoms with Crippen molar-refractivity contribution >= 4 is 44.9 Å².